The first-order chi connectivity index (χ1) is 6.61. The SMILES string of the molecule is CC(=O)/C(Sc1ncccn1)=C(/C)O. The van der Waals surface area contributed by atoms with Gasteiger partial charge >= 0.3 is 0 Å². The minimum absolute atomic E-state index is 0.00467. The van der Waals surface area contributed by atoms with Crippen molar-refractivity contribution < 1.29 is 9.90 Å². The lowest BCUT2D eigenvalue weighted by atomic mass is 10.4. The van der Waals surface area contributed by atoms with Crippen LogP contribution in [0.25, 0.3) is 0 Å². The second-order valence-electron chi connectivity index (χ2n) is 2.60. The maximum atomic E-state index is 11.1. The number of thioether (sulfide) groups is 1. The second kappa shape index (κ2) is 4.76. The standard InChI is InChI=1S/C9H10N2O2S/c1-6(12)8(7(2)13)14-9-10-4-3-5-11-9/h3-5,12H,1-2H3/b8-6+. The van der Waals surface area contributed by atoms with Crippen LogP contribution in [0.1, 0.15) is 13.8 Å². The number of hydrogen-bond donors (Lipinski definition) is 1. The van der Waals surface area contributed by atoms with Gasteiger partial charge in [0.05, 0.1) is 4.91 Å². The Balaban J connectivity index is 2.87. The molecule has 0 fully saturated rings. The fourth-order valence-electron chi connectivity index (χ4n) is 0.830. The van der Waals surface area contributed by atoms with Gasteiger partial charge in [0.15, 0.2) is 10.9 Å². The molecule has 14 heavy (non-hydrogen) atoms. The van der Waals surface area contributed by atoms with E-state index in [1.54, 1.807) is 18.5 Å². The maximum Gasteiger partial charge on any atom is 0.192 e. The Morgan fingerprint density at radius 2 is 1.93 bits per heavy atom. The molecular weight excluding hydrogens is 200 g/mol. The van der Waals surface area contributed by atoms with Gasteiger partial charge in [-0.3, -0.25) is 4.79 Å². The first kappa shape index (κ1) is 10.7. The number of carbonyl (C=O) groups is 1. The first-order valence-corrected chi connectivity index (χ1v) is 4.78. The van der Waals surface area contributed by atoms with Crippen molar-refractivity contribution in [3.05, 3.63) is 29.1 Å². The van der Waals surface area contributed by atoms with E-state index in [0.29, 0.717) is 5.16 Å². The molecule has 0 amide bonds. The van der Waals surface area contributed by atoms with Gasteiger partial charge in [0, 0.05) is 12.4 Å². The van der Waals surface area contributed by atoms with Crippen molar-refractivity contribution in [2.45, 2.75) is 19.0 Å². The molecule has 1 aromatic heterocycles. The molecule has 1 aromatic rings. The van der Waals surface area contributed by atoms with Crippen LogP contribution in [0.2, 0.25) is 0 Å². The van der Waals surface area contributed by atoms with Crippen molar-refractivity contribution in [2.75, 3.05) is 0 Å². The van der Waals surface area contributed by atoms with Gasteiger partial charge in [-0.2, -0.15) is 0 Å². The monoisotopic (exact) mass is 210 g/mol. The zero-order chi connectivity index (χ0) is 10.6. The molecule has 1 heterocycles. The van der Waals surface area contributed by atoms with E-state index in [9.17, 15) is 9.90 Å². The van der Waals surface area contributed by atoms with Crippen molar-refractivity contribution in [3.63, 3.8) is 0 Å². The number of rotatable bonds is 3. The first-order valence-electron chi connectivity index (χ1n) is 3.97. The molecule has 0 atom stereocenters. The summed E-state index contributed by atoms with van der Waals surface area (Å²) in [6.45, 7) is 2.86. The molecule has 0 aliphatic rings. The average Bonchev–Trinajstić information content (AvgIpc) is 2.15. The van der Waals surface area contributed by atoms with Gasteiger partial charge in [0.1, 0.15) is 5.76 Å². The lowest BCUT2D eigenvalue weighted by Gasteiger charge is -2.02. The molecule has 5 heteroatoms. The van der Waals surface area contributed by atoms with Crippen molar-refractivity contribution in [1.82, 2.24) is 9.97 Å². The highest BCUT2D eigenvalue weighted by atomic mass is 32.2. The summed E-state index contributed by atoms with van der Waals surface area (Å²) in [5.74, 6) is -0.197. The minimum Gasteiger partial charge on any atom is -0.511 e. The van der Waals surface area contributed by atoms with Crippen molar-refractivity contribution in [1.29, 1.82) is 0 Å². The molecule has 0 saturated heterocycles. The van der Waals surface area contributed by atoms with E-state index in [1.807, 2.05) is 0 Å². The third-order valence-electron chi connectivity index (χ3n) is 1.38. The summed E-state index contributed by atoms with van der Waals surface area (Å²) in [5, 5.41) is 9.68. The molecule has 0 saturated carbocycles. The third kappa shape index (κ3) is 2.85. The number of allylic oxidation sites excluding steroid dienone is 2. The summed E-state index contributed by atoms with van der Waals surface area (Å²) >= 11 is 1.06. The summed E-state index contributed by atoms with van der Waals surface area (Å²) in [5.41, 5.74) is 0. The Kier molecular flexibility index (Phi) is 3.64. The summed E-state index contributed by atoms with van der Waals surface area (Å²) in [7, 11) is 0. The Labute approximate surface area is 86.1 Å². The van der Waals surface area contributed by atoms with Gasteiger partial charge in [0.25, 0.3) is 0 Å². The fourth-order valence-corrected chi connectivity index (χ4v) is 1.53. The van der Waals surface area contributed by atoms with E-state index in [0.717, 1.165) is 11.8 Å². The highest BCUT2D eigenvalue weighted by Gasteiger charge is 2.11. The lowest BCUT2D eigenvalue weighted by molar-refractivity contribution is -0.113. The third-order valence-corrected chi connectivity index (χ3v) is 2.56. The number of nitrogens with zero attached hydrogens (tertiary/aromatic N) is 2. The smallest absolute Gasteiger partial charge is 0.192 e. The van der Waals surface area contributed by atoms with Gasteiger partial charge in [-0.05, 0) is 31.7 Å². The summed E-state index contributed by atoms with van der Waals surface area (Å²) in [4.78, 5) is 19.2. The molecule has 0 unspecified atom stereocenters. The number of Topliss-reactive ketones (excluding diaryl/α,β-unsaturated/α-hetero) is 1. The van der Waals surface area contributed by atoms with Gasteiger partial charge in [0.2, 0.25) is 0 Å². The second-order valence-corrected chi connectivity index (χ2v) is 3.58. The lowest BCUT2D eigenvalue weighted by Crippen LogP contribution is -1.97. The van der Waals surface area contributed by atoms with Crippen LogP contribution in [-0.2, 0) is 4.79 Å². The molecule has 0 spiro atoms. The number of hydrogen-bond acceptors (Lipinski definition) is 5. The zero-order valence-electron chi connectivity index (χ0n) is 7.89. The normalized spacial score (nSPS) is 12.1. The van der Waals surface area contributed by atoms with Gasteiger partial charge in [-0.1, -0.05) is 0 Å². The van der Waals surface area contributed by atoms with E-state index in [1.165, 1.54) is 13.8 Å². The Hall–Kier alpha value is -1.36. The number of carbonyl (C=O) groups excluding carboxylic acids is 1. The van der Waals surface area contributed by atoms with Crippen LogP contribution in [0.5, 0.6) is 0 Å². The summed E-state index contributed by atoms with van der Waals surface area (Å²) < 4.78 is 0. The molecule has 0 aliphatic carbocycles. The van der Waals surface area contributed by atoms with Crippen molar-refractivity contribution >= 4 is 17.5 Å². The molecule has 0 aliphatic heterocycles. The van der Waals surface area contributed by atoms with Crippen LogP contribution in [-0.4, -0.2) is 20.9 Å². The van der Waals surface area contributed by atoms with Gasteiger partial charge in [-0.15, -0.1) is 0 Å². The number of aliphatic hydroxyl groups is 1. The van der Waals surface area contributed by atoms with Crippen LogP contribution >= 0.6 is 11.8 Å². The van der Waals surface area contributed by atoms with Crippen LogP contribution in [0, 0.1) is 0 Å². The maximum absolute atomic E-state index is 11.1. The average molecular weight is 210 g/mol. The molecular formula is C9H10N2O2S. The van der Waals surface area contributed by atoms with E-state index in [-0.39, 0.29) is 16.4 Å². The number of aliphatic hydroxyl groups excluding tert-OH is 1. The predicted octanol–water partition coefficient (Wildman–Crippen LogP) is 1.95. The van der Waals surface area contributed by atoms with E-state index in [2.05, 4.69) is 9.97 Å². The summed E-state index contributed by atoms with van der Waals surface area (Å²) in [6.07, 6.45) is 3.17. The Morgan fingerprint density at radius 3 is 2.36 bits per heavy atom. The van der Waals surface area contributed by atoms with E-state index in [4.69, 9.17) is 0 Å². The van der Waals surface area contributed by atoms with Gasteiger partial charge < -0.3 is 5.11 Å². The van der Waals surface area contributed by atoms with Crippen LogP contribution in [0.15, 0.2) is 34.3 Å². The van der Waals surface area contributed by atoms with E-state index >= 15 is 0 Å². The molecule has 1 rings (SSSR count). The fraction of sp³-hybridized carbons (Fsp3) is 0.222. The van der Waals surface area contributed by atoms with Gasteiger partial charge in [-0.25, -0.2) is 9.97 Å². The summed E-state index contributed by atoms with van der Waals surface area (Å²) in [6, 6.07) is 1.69. The molecule has 0 aromatic carbocycles. The predicted molar refractivity (Wildman–Crippen MR) is 53.9 cm³/mol. The highest BCUT2D eigenvalue weighted by molar-refractivity contribution is 8.03. The van der Waals surface area contributed by atoms with Crippen molar-refractivity contribution in [3.8, 4) is 0 Å². The minimum atomic E-state index is -0.192. The zero-order valence-corrected chi connectivity index (χ0v) is 8.71. The van der Waals surface area contributed by atoms with Crippen LogP contribution in [0.3, 0.4) is 0 Å². The Morgan fingerprint density at radius 1 is 1.36 bits per heavy atom. The molecule has 74 valence electrons. The number of aromatic nitrogens is 2. The highest BCUT2D eigenvalue weighted by Crippen LogP contribution is 2.25. The molecule has 1 N–H and O–H groups in total. The quantitative estimate of drug-likeness (QED) is 0.357. The topological polar surface area (TPSA) is 63.1 Å². The molecule has 0 radical (unpaired) electrons. The van der Waals surface area contributed by atoms with Crippen LogP contribution in [0.4, 0.5) is 0 Å². The number of ketones is 1. The van der Waals surface area contributed by atoms with Crippen LogP contribution < -0.4 is 0 Å². The largest absolute Gasteiger partial charge is 0.511 e. The van der Waals surface area contributed by atoms with E-state index < -0.39 is 0 Å². The Bertz CT molecular complexity index is 358. The molecule has 4 nitrogen and oxygen atoms in total. The molecule has 0 bridgehead atoms. The van der Waals surface area contributed by atoms with Crippen molar-refractivity contribution in [2.24, 2.45) is 0 Å².